The molecular formula is C48H30Br2N2. The predicted octanol–water partition coefficient (Wildman–Crippen LogP) is 14.4. The summed E-state index contributed by atoms with van der Waals surface area (Å²) in [6.45, 7) is 0. The molecule has 2 aromatic heterocycles. The molecule has 0 unspecified atom stereocenters. The van der Waals surface area contributed by atoms with Crippen LogP contribution in [-0.4, -0.2) is 9.13 Å². The molecule has 0 N–H and O–H groups in total. The van der Waals surface area contributed by atoms with Gasteiger partial charge in [0.25, 0.3) is 0 Å². The Bertz CT molecular complexity index is 2730. The lowest BCUT2D eigenvalue weighted by molar-refractivity contribution is 1.18. The Labute approximate surface area is 318 Å². The van der Waals surface area contributed by atoms with E-state index in [4.69, 9.17) is 0 Å². The largest absolute Gasteiger partial charge is 0.309 e. The fraction of sp³-hybridized carbons (Fsp3) is 0. The summed E-state index contributed by atoms with van der Waals surface area (Å²) in [5.74, 6) is 0. The quantitative estimate of drug-likeness (QED) is 0.164. The molecule has 10 rings (SSSR count). The van der Waals surface area contributed by atoms with Crippen molar-refractivity contribution in [3.05, 3.63) is 191 Å². The number of hydrogen-bond acceptors (Lipinski definition) is 0. The number of hydrogen-bond donors (Lipinski definition) is 0. The molecule has 10 aromatic rings. The molecule has 2 nitrogen and oxygen atoms in total. The number of benzene rings is 8. The highest BCUT2D eigenvalue weighted by Crippen LogP contribution is 2.46. The molecule has 0 saturated carbocycles. The van der Waals surface area contributed by atoms with Crippen LogP contribution in [0.5, 0.6) is 0 Å². The van der Waals surface area contributed by atoms with Crippen molar-refractivity contribution in [2.75, 3.05) is 0 Å². The van der Waals surface area contributed by atoms with Crippen molar-refractivity contribution in [3.63, 3.8) is 0 Å². The van der Waals surface area contributed by atoms with Crippen LogP contribution in [0.25, 0.3) is 88.4 Å². The summed E-state index contributed by atoms with van der Waals surface area (Å²) in [7, 11) is 0. The van der Waals surface area contributed by atoms with Gasteiger partial charge in [-0.3, -0.25) is 0 Å². The second-order valence-electron chi connectivity index (χ2n) is 13.2. The van der Waals surface area contributed by atoms with E-state index in [1.54, 1.807) is 0 Å². The SMILES string of the molecule is Brc1cc(-c2cc(Br)cc3c2c2ccccc2n3-c2ccc(-c3ccccc3)cc2)c2c3ccccc3n(-c3ccc(-c4ccccc4)cc3)c2c1. The first kappa shape index (κ1) is 31.1. The van der Waals surface area contributed by atoms with Crippen molar-refractivity contribution in [1.82, 2.24) is 9.13 Å². The van der Waals surface area contributed by atoms with E-state index < -0.39 is 0 Å². The lowest BCUT2D eigenvalue weighted by atomic mass is 9.95. The van der Waals surface area contributed by atoms with Gasteiger partial charge in [0.2, 0.25) is 0 Å². The topological polar surface area (TPSA) is 9.86 Å². The minimum atomic E-state index is 1.04. The van der Waals surface area contributed by atoms with Crippen LogP contribution in [0.1, 0.15) is 0 Å². The van der Waals surface area contributed by atoms with Crippen LogP contribution in [0.4, 0.5) is 0 Å². The van der Waals surface area contributed by atoms with Crippen LogP contribution in [0.3, 0.4) is 0 Å². The van der Waals surface area contributed by atoms with E-state index in [0.29, 0.717) is 0 Å². The normalized spacial score (nSPS) is 11.7. The fourth-order valence-electron chi connectivity index (χ4n) is 7.97. The Kier molecular flexibility index (Phi) is 7.49. The second kappa shape index (κ2) is 12.5. The van der Waals surface area contributed by atoms with Crippen LogP contribution in [0.15, 0.2) is 191 Å². The molecule has 0 radical (unpaired) electrons. The highest BCUT2D eigenvalue weighted by Gasteiger charge is 2.22. The van der Waals surface area contributed by atoms with Gasteiger partial charge in [0.05, 0.1) is 22.1 Å². The predicted molar refractivity (Wildman–Crippen MR) is 227 cm³/mol. The number of nitrogens with zero attached hydrogens (tertiary/aromatic N) is 2. The molecule has 0 amide bonds. The molecule has 0 saturated heterocycles. The summed E-state index contributed by atoms with van der Waals surface area (Å²) in [5, 5.41) is 4.91. The summed E-state index contributed by atoms with van der Waals surface area (Å²) in [6, 6.07) is 65.7. The van der Waals surface area contributed by atoms with Crippen molar-refractivity contribution < 1.29 is 0 Å². The van der Waals surface area contributed by atoms with Crippen molar-refractivity contribution in [2.24, 2.45) is 0 Å². The Morgan fingerprint density at radius 1 is 0.308 bits per heavy atom. The van der Waals surface area contributed by atoms with Gasteiger partial charge in [-0.2, -0.15) is 0 Å². The molecule has 4 heteroatoms. The number of halogens is 2. The molecule has 0 aliphatic rings. The second-order valence-corrected chi connectivity index (χ2v) is 15.1. The standard InChI is InChI=1S/C48H30Br2N2/c49-35-27-41(47-39-15-7-9-17-43(39)51(45(47)29-35)37-23-19-33(20-24-37)31-11-3-1-4-12-31)42-28-36(50)30-46-48(42)40-16-8-10-18-44(40)52(46)38-25-21-34(22-26-38)32-13-5-2-6-14-32/h1-30H. The first-order valence-electron chi connectivity index (χ1n) is 17.4. The third-order valence-electron chi connectivity index (χ3n) is 10.2. The maximum absolute atomic E-state index is 3.96. The minimum absolute atomic E-state index is 1.04. The van der Waals surface area contributed by atoms with Gasteiger partial charge in [0.15, 0.2) is 0 Å². The average Bonchev–Trinajstić information content (AvgIpc) is 3.70. The van der Waals surface area contributed by atoms with Crippen molar-refractivity contribution >= 4 is 75.5 Å². The lowest BCUT2D eigenvalue weighted by Crippen LogP contribution is -1.95. The van der Waals surface area contributed by atoms with Gasteiger partial charge in [-0.1, -0.05) is 153 Å². The summed E-state index contributed by atoms with van der Waals surface area (Å²) in [5.41, 5.74) is 14.1. The zero-order valence-electron chi connectivity index (χ0n) is 28.0. The molecule has 8 aromatic carbocycles. The molecule has 0 aliphatic heterocycles. The highest BCUT2D eigenvalue weighted by molar-refractivity contribution is 9.10. The molecular weight excluding hydrogens is 764 g/mol. The van der Waals surface area contributed by atoms with Crippen LogP contribution >= 0.6 is 31.9 Å². The molecule has 0 fully saturated rings. The molecule has 0 spiro atoms. The molecule has 246 valence electrons. The van der Waals surface area contributed by atoms with Crippen molar-refractivity contribution in [3.8, 4) is 44.8 Å². The molecule has 2 heterocycles. The van der Waals surface area contributed by atoms with Gasteiger partial charge in [0, 0.05) is 41.9 Å². The lowest BCUT2D eigenvalue weighted by Gasteiger charge is -2.13. The third-order valence-corrected chi connectivity index (χ3v) is 11.1. The molecule has 0 aliphatic carbocycles. The average molecular weight is 795 g/mol. The number of aromatic nitrogens is 2. The Morgan fingerprint density at radius 2 is 0.654 bits per heavy atom. The van der Waals surface area contributed by atoms with Gasteiger partial charge in [-0.05, 0) is 94.0 Å². The Hall–Kier alpha value is -5.68. The zero-order chi connectivity index (χ0) is 34.8. The first-order chi connectivity index (χ1) is 25.6. The summed E-state index contributed by atoms with van der Waals surface area (Å²) in [4.78, 5) is 0. The minimum Gasteiger partial charge on any atom is -0.309 e. The van der Waals surface area contributed by atoms with E-state index in [1.807, 2.05) is 0 Å². The smallest absolute Gasteiger partial charge is 0.0558 e. The molecule has 0 atom stereocenters. The monoisotopic (exact) mass is 792 g/mol. The highest BCUT2D eigenvalue weighted by atomic mass is 79.9. The van der Waals surface area contributed by atoms with E-state index >= 15 is 0 Å². The van der Waals surface area contributed by atoms with Gasteiger partial charge in [-0.15, -0.1) is 0 Å². The first-order valence-corrected chi connectivity index (χ1v) is 19.0. The summed E-state index contributed by atoms with van der Waals surface area (Å²) in [6.07, 6.45) is 0. The number of para-hydroxylation sites is 2. The van der Waals surface area contributed by atoms with Crippen LogP contribution in [0.2, 0.25) is 0 Å². The Morgan fingerprint density at radius 3 is 1.06 bits per heavy atom. The molecule has 0 bridgehead atoms. The van der Waals surface area contributed by atoms with Crippen molar-refractivity contribution in [2.45, 2.75) is 0 Å². The fourth-order valence-corrected chi connectivity index (χ4v) is 8.86. The summed E-state index contributed by atoms with van der Waals surface area (Å²) >= 11 is 7.91. The maximum atomic E-state index is 3.96. The van der Waals surface area contributed by atoms with Gasteiger partial charge >= 0.3 is 0 Å². The van der Waals surface area contributed by atoms with Crippen LogP contribution in [0, 0.1) is 0 Å². The third kappa shape index (κ3) is 5.05. The maximum Gasteiger partial charge on any atom is 0.0558 e. The zero-order valence-corrected chi connectivity index (χ0v) is 31.1. The van der Waals surface area contributed by atoms with E-state index in [9.17, 15) is 0 Å². The van der Waals surface area contributed by atoms with Gasteiger partial charge < -0.3 is 9.13 Å². The van der Waals surface area contributed by atoms with Crippen LogP contribution < -0.4 is 0 Å². The van der Waals surface area contributed by atoms with Gasteiger partial charge in [-0.25, -0.2) is 0 Å². The Balaban J connectivity index is 1.22. The van der Waals surface area contributed by atoms with Gasteiger partial charge in [0.1, 0.15) is 0 Å². The van der Waals surface area contributed by atoms with E-state index in [2.05, 4.69) is 223 Å². The van der Waals surface area contributed by atoms with E-state index in [0.717, 1.165) is 31.4 Å². The van der Waals surface area contributed by atoms with E-state index in [1.165, 1.54) is 66.0 Å². The van der Waals surface area contributed by atoms with Crippen molar-refractivity contribution in [1.29, 1.82) is 0 Å². The summed E-state index contributed by atoms with van der Waals surface area (Å²) < 4.78 is 6.88. The van der Waals surface area contributed by atoms with Crippen LogP contribution in [-0.2, 0) is 0 Å². The number of rotatable bonds is 5. The number of fused-ring (bicyclic) bond motifs is 6. The van der Waals surface area contributed by atoms with E-state index in [-0.39, 0.29) is 0 Å². The molecule has 52 heavy (non-hydrogen) atoms.